The van der Waals surface area contributed by atoms with Crippen LogP contribution in [0.15, 0.2) is 65.3 Å². The molecule has 26 heavy (non-hydrogen) atoms. The van der Waals surface area contributed by atoms with E-state index in [1.165, 1.54) is 0 Å². The summed E-state index contributed by atoms with van der Waals surface area (Å²) >= 11 is 3.53. The molecule has 5 heteroatoms. The van der Waals surface area contributed by atoms with Crippen molar-refractivity contribution in [3.8, 4) is 11.3 Å². The van der Waals surface area contributed by atoms with Crippen molar-refractivity contribution in [1.29, 1.82) is 0 Å². The number of nitrogens with one attached hydrogen (secondary N) is 2. The first-order chi connectivity index (χ1) is 12.7. The molecule has 1 unspecified atom stereocenters. The molecule has 0 saturated heterocycles. The normalized spacial score (nSPS) is 11.9. The highest BCUT2D eigenvalue weighted by Crippen LogP contribution is 2.21. The van der Waals surface area contributed by atoms with E-state index in [1.807, 2.05) is 67.7 Å². The van der Waals surface area contributed by atoms with Crippen molar-refractivity contribution in [1.82, 2.24) is 15.3 Å². The molecule has 2 N–H and O–H groups in total. The average Bonchev–Trinajstić information content (AvgIpc) is 3.16. The lowest BCUT2D eigenvalue weighted by Crippen LogP contribution is -2.29. The van der Waals surface area contributed by atoms with Gasteiger partial charge in [-0.2, -0.15) is 0 Å². The number of aryl methyl sites for hydroxylation is 1. The maximum Gasteiger partial charge on any atom is 0.220 e. The second-order valence-electron chi connectivity index (χ2n) is 6.17. The molecule has 0 aliphatic carbocycles. The zero-order chi connectivity index (χ0) is 18.4. The third kappa shape index (κ3) is 4.61. The molecule has 0 aliphatic rings. The van der Waals surface area contributed by atoms with Crippen LogP contribution >= 0.6 is 15.9 Å². The van der Waals surface area contributed by atoms with Crippen LogP contribution in [0.3, 0.4) is 0 Å². The van der Waals surface area contributed by atoms with Crippen LogP contribution in [0.1, 0.15) is 37.2 Å². The second kappa shape index (κ2) is 8.81. The first kappa shape index (κ1) is 18.4. The minimum absolute atomic E-state index is 0.0327. The molecule has 1 amide bonds. The summed E-state index contributed by atoms with van der Waals surface area (Å²) in [6, 6.07) is 17.9. The van der Waals surface area contributed by atoms with Gasteiger partial charge in [0, 0.05) is 10.9 Å². The fraction of sp³-hybridized carbons (Fsp3) is 0.238. The molecule has 1 aromatic heterocycles. The maximum atomic E-state index is 12.4. The van der Waals surface area contributed by atoms with E-state index in [0.717, 1.165) is 33.5 Å². The van der Waals surface area contributed by atoms with Crippen molar-refractivity contribution in [2.24, 2.45) is 0 Å². The maximum absolute atomic E-state index is 12.4. The molecule has 2 aromatic carbocycles. The molecule has 0 spiro atoms. The molecule has 3 aromatic rings. The molecular formula is C21H22BrN3O. The molecule has 0 radical (unpaired) electrons. The number of benzene rings is 2. The van der Waals surface area contributed by atoms with Crippen molar-refractivity contribution in [3.05, 3.63) is 76.7 Å². The van der Waals surface area contributed by atoms with Gasteiger partial charge in [0.1, 0.15) is 5.82 Å². The van der Waals surface area contributed by atoms with Gasteiger partial charge in [0.15, 0.2) is 0 Å². The van der Waals surface area contributed by atoms with Crippen LogP contribution in [0.4, 0.5) is 0 Å². The smallest absolute Gasteiger partial charge is 0.220 e. The molecule has 4 nitrogen and oxygen atoms in total. The third-order valence-corrected chi connectivity index (χ3v) is 5.11. The number of hydrogen-bond donors (Lipinski definition) is 2. The van der Waals surface area contributed by atoms with E-state index in [9.17, 15) is 4.79 Å². The Balaban J connectivity index is 1.61. The SMILES string of the molecule is CCC(NC(=O)CCc1ccccc1Br)c1ncc(-c2ccccc2)[nH]1. The highest BCUT2D eigenvalue weighted by atomic mass is 79.9. The van der Waals surface area contributed by atoms with E-state index in [4.69, 9.17) is 0 Å². The van der Waals surface area contributed by atoms with E-state index in [-0.39, 0.29) is 11.9 Å². The highest BCUT2D eigenvalue weighted by molar-refractivity contribution is 9.10. The summed E-state index contributed by atoms with van der Waals surface area (Å²) in [5.74, 6) is 0.825. The molecule has 1 heterocycles. The quantitative estimate of drug-likeness (QED) is 0.571. The molecule has 0 bridgehead atoms. The van der Waals surface area contributed by atoms with Crippen LogP contribution in [-0.4, -0.2) is 15.9 Å². The number of hydrogen-bond acceptors (Lipinski definition) is 2. The van der Waals surface area contributed by atoms with E-state index in [0.29, 0.717) is 12.8 Å². The number of carbonyl (C=O) groups is 1. The summed E-state index contributed by atoms with van der Waals surface area (Å²) in [7, 11) is 0. The summed E-state index contributed by atoms with van der Waals surface area (Å²) < 4.78 is 1.04. The van der Waals surface area contributed by atoms with Crippen molar-refractivity contribution >= 4 is 21.8 Å². The Hall–Kier alpha value is -2.40. The van der Waals surface area contributed by atoms with E-state index in [1.54, 1.807) is 0 Å². The third-order valence-electron chi connectivity index (χ3n) is 4.33. The van der Waals surface area contributed by atoms with Gasteiger partial charge in [0.05, 0.1) is 17.9 Å². The summed E-state index contributed by atoms with van der Waals surface area (Å²) in [5.41, 5.74) is 3.18. The Morgan fingerprint density at radius 1 is 1.15 bits per heavy atom. The molecule has 0 aliphatic heterocycles. The Morgan fingerprint density at radius 2 is 1.88 bits per heavy atom. The summed E-state index contributed by atoms with van der Waals surface area (Å²) in [4.78, 5) is 20.2. The van der Waals surface area contributed by atoms with Gasteiger partial charge < -0.3 is 10.3 Å². The zero-order valence-corrected chi connectivity index (χ0v) is 16.3. The summed E-state index contributed by atoms with van der Waals surface area (Å²) in [6.45, 7) is 2.05. The van der Waals surface area contributed by atoms with E-state index < -0.39 is 0 Å². The van der Waals surface area contributed by atoms with E-state index in [2.05, 4.69) is 31.2 Å². The van der Waals surface area contributed by atoms with Crippen molar-refractivity contribution in [3.63, 3.8) is 0 Å². The molecule has 3 rings (SSSR count). The summed E-state index contributed by atoms with van der Waals surface area (Å²) in [5, 5.41) is 3.09. The Kier molecular flexibility index (Phi) is 6.23. The predicted octanol–water partition coefficient (Wildman–Crippen LogP) is 5.04. The lowest BCUT2D eigenvalue weighted by atomic mass is 10.1. The van der Waals surface area contributed by atoms with Crippen LogP contribution < -0.4 is 5.32 Å². The lowest BCUT2D eigenvalue weighted by molar-refractivity contribution is -0.121. The molecule has 0 saturated carbocycles. The largest absolute Gasteiger partial charge is 0.346 e. The van der Waals surface area contributed by atoms with Crippen molar-refractivity contribution in [2.75, 3.05) is 0 Å². The molecular weight excluding hydrogens is 390 g/mol. The second-order valence-corrected chi connectivity index (χ2v) is 7.02. The number of aromatic nitrogens is 2. The average molecular weight is 412 g/mol. The van der Waals surface area contributed by atoms with Crippen molar-refractivity contribution in [2.45, 2.75) is 32.2 Å². The number of carbonyl (C=O) groups excluding carboxylic acids is 1. The fourth-order valence-corrected chi connectivity index (χ4v) is 3.34. The van der Waals surface area contributed by atoms with Crippen LogP contribution in [0.25, 0.3) is 11.3 Å². The van der Waals surface area contributed by atoms with Gasteiger partial charge in [-0.05, 0) is 30.0 Å². The van der Waals surface area contributed by atoms with Crippen LogP contribution in [0, 0.1) is 0 Å². The highest BCUT2D eigenvalue weighted by Gasteiger charge is 2.16. The van der Waals surface area contributed by atoms with Gasteiger partial charge in [-0.3, -0.25) is 4.79 Å². The Bertz CT molecular complexity index is 860. The number of imidazole rings is 1. The number of amides is 1. The molecule has 1 atom stereocenters. The van der Waals surface area contributed by atoms with Gasteiger partial charge >= 0.3 is 0 Å². The van der Waals surface area contributed by atoms with Crippen LogP contribution in [-0.2, 0) is 11.2 Å². The standard InChI is InChI=1S/C21H22BrN3O/c1-2-18(21-23-14-19(25-21)16-9-4-3-5-10-16)24-20(26)13-12-15-8-6-7-11-17(15)22/h3-11,14,18H,2,12-13H2,1H3,(H,23,25)(H,24,26). The molecule has 0 fully saturated rings. The van der Waals surface area contributed by atoms with Gasteiger partial charge in [-0.15, -0.1) is 0 Å². The molecule has 134 valence electrons. The van der Waals surface area contributed by atoms with Crippen LogP contribution in [0.5, 0.6) is 0 Å². The van der Waals surface area contributed by atoms with Gasteiger partial charge in [0.25, 0.3) is 0 Å². The number of nitrogens with zero attached hydrogens (tertiary/aromatic N) is 1. The number of aromatic amines is 1. The van der Waals surface area contributed by atoms with Crippen LogP contribution in [0.2, 0.25) is 0 Å². The summed E-state index contributed by atoms with van der Waals surface area (Å²) in [6.07, 6.45) is 3.76. The van der Waals surface area contributed by atoms with Gasteiger partial charge in [-0.1, -0.05) is 71.4 Å². The monoisotopic (exact) mass is 411 g/mol. The first-order valence-corrected chi connectivity index (χ1v) is 9.59. The van der Waals surface area contributed by atoms with Gasteiger partial charge in [-0.25, -0.2) is 4.98 Å². The number of rotatable bonds is 7. The Morgan fingerprint density at radius 3 is 2.62 bits per heavy atom. The first-order valence-electron chi connectivity index (χ1n) is 8.80. The number of H-pyrrole nitrogens is 1. The zero-order valence-electron chi connectivity index (χ0n) is 14.7. The topological polar surface area (TPSA) is 57.8 Å². The minimum Gasteiger partial charge on any atom is -0.346 e. The number of halogens is 1. The fourth-order valence-electron chi connectivity index (χ4n) is 2.86. The van der Waals surface area contributed by atoms with E-state index >= 15 is 0 Å². The Labute approximate surface area is 162 Å². The van der Waals surface area contributed by atoms with Crippen molar-refractivity contribution < 1.29 is 4.79 Å². The minimum atomic E-state index is -0.112. The lowest BCUT2D eigenvalue weighted by Gasteiger charge is -2.15. The van der Waals surface area contributed by atoms with Gasteiger partial charge in [0.2, 0.25) is 5.91 Å². The predicted molar refractivity (Wildman–Crippen MR) is 108 cm³/mol.